The van der Waals surface area contributed by atoms with Crippen LogP contribution in [0.15, 0.2) is 77.7 Å². The molecule has 0 aromatic heterocycles. The zero-order chi connectivity index (χ0) is 29.6. The first-order valence-corrected chi connectivity index (χ1v) is 15.9. The molecule has 0 bridgehead atoms. The fraction of sp³-hybridized carbons (Fsp3) is 0.375. The molecule has 1 N–H and O–H groups in total. The Kier molecular flexibility index (Phi) is 10.1. The molecule has 3 aromatic rings. The van der Waals surface area contributed by atoms with Gasteiger partial charge in [-0.1, -0.05) is 85.5 Å². The number of nitrogens with one attached hydrogen (secondary N) is 1. The van der Waals surface area contributed by atoms with Crippen LogP contribution >= 0.6 is 11.6 Å². The number of nitrogens with zero attached hydrogens (tertiary/aromatic N) is 2. The Morgan fingerprint density at radius 2 is 1.68 bits per heavy atom. The van der Waals surface area contributed by atoms with Gasteiger partial charge in [0, 0.05) is 17.6 Å². The van der Waals surface area contributed by atoms with Gasteiger partial charge in [-0.25, -0.2) is 8.42 Å². The van der Waals surface area contributed by atoms with E-state index in [4.69, 9.17) is 11.6 Å². The Labute approximate surface area is 248 Å². The second-order valence-corrected chi connectivity index (χ2v) is 13.0. The highest BCUT2D eigenvalue weighted by Crippen LogP contribution is 2.29. The second kappa shape index (κ2) is 13.5. The number of amides is 2. The van der Waals surface area contributed by atoms with Crippen molar-refractivity contribution in [1.82, 2.24) is 10.2 Å². The van der Waals surface area contributed by atoms with Gasteiger partial charge in [0.1, 0.15) is 12.6 Å². The smallest absolute Gasteiger partial charge is 0.264 e. The number of benzene rings is 3. The maximum atomic E-state index is 14.2. The van der Waals surface area contributed by atoms with Crippen LogP contribution in [0.5, 0.6) is 0 Å². The van der Waals surface area contributed by atoms with Crippen LogP contribution in [-0.2, 0) is 26.2 Å². The maximum absolute atomic E-state index is 14.2. The van der Waals surface area contributed by atoms with E-state index in [-0.39, 0.29) is 29.1 Å². The molecule has 4 rings (SSSR count). The summed E-state index contributed by atoms with van der Waals surface area (Å²) in [6.45, 7) is 5.34. The van der Waals surface area contributed by atoms with Crippen LogP contribution in [0, 0.1) is 13.8 Å². The first-order chi connectivity index (χ1) is 19.6. The van der Waals surface area contributed by atoms with E-state index in [2.05, 4.69) is 5.32 Å². The highest BCUT2D eigenvalue weighted by atomic mass is 35.5. The summed E-state index contributed by atoms with van der Waals surface area (Å²) in [6, 6.07) is 20.0. The van der Waals surface area contributed by atoms with Gasteiger partial charge in [0.2, 0.25) is 11.8 Å². The lowest BCUT2D eigenvalue weighted by Gasteiger charge is -2.34. The van der Waals surface area contributed by atoms with Crippen molar-refractivity contribution < 1.29 is 18.0 Å². The van der Waals surface area contributed by atoms with Crippen LogP contribution in [0.3, 0.4) is 0 Å². The van der Waals surface area contributed by atoms with Gasteiger partial charge in [-0.3, -0.25) is 13.9 Å². The molecule has 7 nitrogen and oxygen atoms in total. The van der Waals surface area contributed by atoms with Crippen molar-refractivity contribution in [3.05, 3.63) is 94.5 Å². The van der Waals surface area contributed by atoms with Crippen molar-refractivity contribution in [2.75, 3.05) is 10.8 Å². The normalized spacial score (nSPS) is 14.4. The van der Waals surface area contributed by atoms with Gasteiger partial charge in [0.25, 0.3) is 10.0 Å². The summed E-state index contributed by atoms with van der Waals surface area (Å²) >= 11 is 6.40. The molecule has 0 heterocycles. The molecule has 0 saturated heterocycles. The Hall–Kier alpha value is -3.36. The average Bonchev–Trinajstić information content (AvgIpc) is 3.46. The lowest BCUT2D eigenvalue weighted by molar-refractivity contribution is -0.140. The first-order valence-electron chi connectivity index (χ1n) is 14.1. The number of rotatable bonds is 11. The summed E-state index contributed by atoms with van der Waals surface area (Å²) < 4.78 is 28.9. The van der Waals surface area contributed by atoms with Crippen LogP contribution in [0.4, 0.5) is 5.69 Å². The second-order valence-electron chi connectivity index (χ2n) is 10.7. The standard InChI is InChI=1S/C32H38ClN3O4S/c1-4-30(32(38)34-26-13-8-9-14-26)35(21-25-12-10-11-23(2)19-25)31(37)22-36(27-18-17-24(3)29(33)20-27)41(39,40)28-15-6-5-7-16-28/h5-7,10-12,15-20,26,30H,4,8-9,13-14,21-22H2,1-3H3,(H,34,38). The number of hydrogen-bond donors (Lipinski definition) is 1. The molecule has 0 spiro atoms. The van der Waals surface area contributed by atoms with Crippen molar-refractivity contribution in [1.29, 1.82) is 0 Å². The molecule has 1 saturated carbocycles. The van der Waals surface area contributed by atoms with E-state index >= 15 is 0 Å². The summed E-state index contributed by atoms with van der Waals surface area (Å²) in [6.07, 6.45) is 4.37. The monoisotopic (exact) mass is 595 g/mol. The van der Waals surface area contributed by atoms with Crippen LogP contribution in [0.1, 0.15) is 55.7 Å². The molecule has 1 fully saturated rings. The minimum Gasteiger partial charge on any atom is -0.352 e. The fourth-order valence-electron chi connectivity index (χ4n) is 5.28. The van der Waals surface area contributed by atoms with Crippen LogP contribution < -0.4 is 9.62 Å². The molecular formula is C32H38ClN3O4S. The molecule has 2 amide bonds. The molecule has 1 unspecified atom stereocenters. The highest BCUT2D eigenvalue weighted by molar-refractivity contribution is 7.92. The fourth-order valence-corrected chi connectivity index (χ4v) is 6.88. The Morgan fingerprint density at radius 1 is 0.976 bits per heavy atom. The molecule has 41 heavy (non-hydrogen) atoms. The van der Waals surface area contributed by atoms with E-state index in [9.17, 15) is 18.0 Å². The number of carbonyl (C=O) groups is 2. The van der Waals surface area contributed by atoms with Crippen LogP contribution in [0.25, 0.3) is 0 Å². The number of sulfonamides is 1. The lowest BCUT2D eigenvalue weighted by atomic mass is 10.1. The third kappa shape index (κ3) is 7.49. The van der Waals surface area contributed by atoms with Gasteiger partial charge in [0.15, 0.2) is 0 Å². The van der Waals surface area contributed by atoms with E-state index in [1.165, 1.54) is 17.0 Å². The number of anilines is 1. The molecule has 218 valence electrons. The topological polar surface area (TPSA) is 86.8 Å². The van der Waals surface area contributed by atoms with Crippen molar-refractivity contribution in [2.24, 2.45) is 0 Å². The predicted octanol–water partition coefficient (Wildman–Crippen LogP) is 6.02. The molecule has 9 heteroatoms. The Balaban J connectivity index is 1.72. The SMILES string of the molecule is CCC(C(=O)NC1CCCC1)N(Cc1cccc(C)c1)C(=O)CN(c1ccc(C)c(Cl)c1)S(=O)(=O)c1ccccc1. The zero-order valence-electron chi connectivity index (χ0n) is 23.8. The number of carbonyl (C=O) groups excluding carboxylic acids is 2. The predicted molar refractivity (Wildman–Crippen MR) is 163 cm³/mol. The molecule has 0 radical (unpaired) electrons. The molecule has 1 atom stereocenters. The van der Waals surface area contributed by atoms with E-state index in [0.29, 0.717) is 11.4 Å². The van der Waals surface area contributed by atoms with Crippen molar-refractivity contribution in [2.45, 2.75) is 76.4 Å². The van der Waals surface area contributed by atoms with Gasteiger partial charge in [-0.2, -0.15) is 0 Å². The van der Waals surface area contributed by atoms with Crippen LogP contribution in [0.2, 0.25) is 5.02 Å². The maximum Gasteiger partial charge on any atom is 0.264 e. The zero-order valence-corrected chi connectivity index (χ0v) is 25.4. The molecule has 3 aromatic carbocycles. The van der Waals surface area contributed by atoms with E-state index in [1.807, 2.05) is 45.0 Å². The quantitative estimate of drug-likeness (QED) is 0.294. The highest BCUT2D eigenvalue weighted by Gasteiger charge is 2.34. The van der Waals surface area contributed by atoms with Crippen molar-refractivity contribution in [3.63, 3.8) is 0 Å². The van der Waals surface area contributed by atoms with E-state index in [1.54, 1.807) is 36.4 Å². The minimum atomic E-state index is -4.14. The summed E-state index contributed by atoms with van der Waals surface area (Å²) in [5, 5.41) is 3.53. The third-order valence-corrected chi connectivity index (χ3v) is 9.77. The van der Waals surface area contributed by atoms with Crippen molar-refractivity contribution in [3.8, 4) is 0 Å². The summed E-state index contributed by atoms with van der Waals surface area (Å²) in [7, 11) is -4.14. The van der Waals surface area contributed by atoms with Gasteiger partial charge in [-0.15, -0.1) is 0 Å². The third-order valence-electron chi connectivity index (χ3n) is 7.58. The lowest BCUT2D eigenvalue weighted by Crippen LogP contribution is -2.53. The van der Waals surface area contributed by atoms with E-state index in [0.717, 1.165) is 46.7 Å². The molecular weight excluding hydrogens is 558 g/mol. The molecule has 0 aliphatic heterocycles. The average molecular weight is 596 g/mol. The first kappa shape index (κ1) is 30.6. The Morgan fingerprint density at radius 3 is 2.32 bits per heavy atom. The van der Waals surface area contributed by atoms with Gasteiger partial charge in [0.05, 0.1) is 10.6 Å². The molecule has 1 aliphatic rings. The van der Waals surface area contributed by atoms with Gasteiger partial charge in [-0.05, 0) is 68.5 Å². The largest absolute Gasteiger partial charge is 0.352 e. The summed E-state index contributed by atoms with van der Waals surface area (Å²) in [4.78, 5) is 29.3. The van der Waals surface area contributed by atoms with Crippen molar-refractivity contribution >= 4 is 39.1 Å². The van der Waals surface area contributed by atoms with Gasteiger partial charge >= 0.3 is 0 Å². The number of halogens is 1. The van der Waals surface area contributed by atoms with Crippen LogP contribution in [-0.4, -0.2) is 43.8 Å². The number of aryl methyl sites for hydroxylation is 2. The molecule has 1 aliphatic carbocycles. The minimum absolute atomic E-state index is 0.0562. The Bertz CT molecular complexity index is 1470. The summed E-state index contributed by atoms with van der Waals surface area (Å²) in [5.41, 5.74) is 2.95. The van der Waals surface area contributed by atoms with E-state index < -0.39 is 28.5 Å². The summed E-state index contributed by atoms with van der Waals surface area (Å²) in [5.74, 6) is -0.688. The van der Waals surface area contributed by atoms with Gasteiger partial charge < -0.3 is 10.2 Å². The number of hydrogen-bond acceptors (Lipinski definition) is 4.